The summed E-state index contributed by atoms with van der Waals surface area (Å²) in [4.78, 5) is 0. The number of aliphatic hydroxyl groups excluding tert-OH is 1. The molecule has 0 aromatic heterocycles. The highest BCUT2D eigenvalue weighted by Gasteiger charge is 2.29. The molecule has 0 fully saturated rings. The molecule has 1 aromatic rings. The van der Waals surface area contributed by atoms with Crippen LogP contribution in [0.25, 0.3) is 0 Å². The van der Waals surface area contributed by atoms with E-state index in [1.165, 1.54) is 11.1 Å². The smallest absolute Gasteiger partial charge is 0.393 e. The molecule has 0 bridgehead atoms. The number of rotatable bonds is 6. The Morgan fingerprint density at radius 3 is 2.74 bits per heavy atom. The summed E-state index contributed by atoms with van der Waals surface area (Å²) in [6, 6.07) is 8.04. The van der Waals surface area contributed by atoms with Crippen molar-refractivity contribution in [2.45, 2.75) is 37.5 Å². The Labute approximate surface area is 110 Å². The second kappa shape index (κ2) is 5.92. The minimum atomic E-state index is -4.29. The first-order valence-corrected chi connectivity index (χ1v) is 6.36. The summed E-state index contributed by atoms with van der Waals surface area (Å²) in [5, 5.41) is 9.78. The lowest BCUT2D eigenvalue weighted by Crippen LogP contribution is -2.24. The predicted molar refractivity (Wildman–Crippen MR) is 65.0 cm³/mol. The lowest BCUT2D eigenvalue weighted by atomic mass is 9.74. The van der Waals surface area contributed by atoms with Gasteiger partial charge in [0.05, 0.1) is 6.10 Å². The topological polar surface area (TPSA) is 29.5 Å². The van der Waals surface area contributed by atoms with E-state index in [0.29, 0.717) is 12.3 Å². The standard InChI is InChI=1S/C14H17F3O2/c15-14(16,17)9-19-6-5-12(18)8-11-7-10-3-1-2-4-13(10)11/h1-4,11-12,18H,5-9H2. The summed E-state index contributed by atoms with van der Waals surface area (Å²) in [6.07, 6.45) is -3.12. The molecule has 1 aliphatic rings. The number of benzene rings is 1. The number of alkyl halides is 3. The average molecular weight is 274 g/mol. The van der Waals surface area contributed by atoms with E-state index >= 15 is 0 Å². The van der Waals surface area contributed by atoms with Crippen LogP contribution in [0, 0.1) is 0 Å². The number of halogens is 3. The molecule has 2 nitrogen and oxygen atoms in total. The molecule has 2 atom stereocenters. The summed E-state index contributed by atoms with van der Waals surface area (Å²) in [5.41, 5.74) is 2.55. The maximum atomic E-state index is 11.8. The molecule has 0 amide bonds. The van der Waals surface area contributed by atoms with Crippen molar-refractivity contribution in [1.29, 1.82) is 0 Å². The van der Waals surface area contributed by atoms with E-state index in [4.69, 9.17) is 0 Å². The Kier molecular flexibility index (Phi) is 4.47. The van der Waals surface area contributed by atoms with Gasteiger partial charge in [0.15, 0.2) is 0 Å². The Morgan fingerprint density at radius 1 is 1.32 bits per heavy atom. The molecule has 2 unspecified atom stereocenters. The second-order valence-electron chi connectivity index (χ2n) is 4.95. The number of ether oxygens (including phenoxy) is 1. The Bertz CT molecular complexity index is 417. The molecule has 1 aromatic carbocycles. The fourth-order valence-electron chi connectivity index (χ4n) is 2.43. The lowest BCUT2D eigenvalue weighted by Gasteiger charge is -2.31. The van der Waals surface area contributed by atoms with Crippen molar-refractivity contribution in [2.24, 2.45) is 0 Å². The first-order valence-electron chi connectivity index (χ1n) is 6.36. The third-order valence-corrected chi connectivity index (χ3v) is 3.38. The van der Waals surface area contributed by atoms with Gasteiger partial charge in [-0.15, -0.1) is 0 Å². The largest absolute Gasteiger partial charge is 0.411 e. The zero-order chi connectivity index (χ0) is 13.9. The van der Waals surface area contributed by atoms with E-state index in [9.17, 15) is 18.3 Å². The van der Waals surface area contributed by atoms with E-state index in [-0.39, 0.29) is 13.0 Å². The van der Waals surface area contributed by atoms with Gasteiger partial charge in [-0.2, -0.15) is 13.2 Å². The Balaban J connectivity index is 1.65. The van der Waals surface area contributed by atoms with Crippen LogP contribution in [-0.2, 0) is 11.2 Å². The van der Waals surface area contributed by atoms with Crippen LogP contribution < -0.4 is 0 Å². The van der Waals surface area contributed by atoms with Crippen molar-refractivity contribution < 1.29 is 23.0 Å². The number of hydrogen-bond acceptors (Lipinski definition) is 2. The molecule has 2 rings (SSSR count). The van der Waals surface area contributed by atoms with Gasteiger partial charge in [-0.1, -0.05) is 24.3 Å². The third kappa shape index (κ3) is 4.21. The molecular weight excluding hydrogens is 257 g/mol. The summed E-state index contributed by atoms with van der Waals surface area (Å²) in [5.74, 6) is 0.328. The maximum absolute atomic E-state index is 11.8. The summed E-state index contributed by atoms with van der Waals surface area (Å²) in [6.45, 7) is -1.30. The van der Waals surface area contributed by atoms with Gasteiger partial charge >= 0.3 is 6.18 Å². The van der Waals surface area contributed by atoms with E-state index in [0.717, 1.165) is 6.42 Å². The second-order valence-corrected chi connectivity index (χ2v) is 4.95. The van der Waals surface area contributed by atoms with Crippen molar-refractivity contribution in [2.75, 3.05) is 13.2 Å². The molecule has 1 N–H and O–H groups in total. The molecule has 0 saturated carbocycles. The van der Waals surface area contributed by atoms with Crippen molar-refractivity contribution >= 4 is 0 Å². The molecule has 0 spiro atoms. The zero-order valence-electron chi connectivity index (χ0n) is 10.5. The number of hydrogen-bond donors (Lipinski definition) is 1. The van der Waals surface area contributed by atoms with Crippen molar-refractivity contribution in [3.63, 3.8) is 0 Å². The highest BCUT2D eigenvalue weighted by Crippen LogP contribution is 2.38. The minimum Gasteiger partial charge on any atom is -0.393 e. The SMILES string of the molecule is OC(CCOCC(F)(F)F)CC1Cc2ccccc21. The fraction of sp³-hybridized carbons (Fsp3) is 0.571. The van der Waals surface area contributed by atoms with Crippen LogP contribution in [0.2, 0.25) is 0 Å². The number of aliphatic hydroxyl groups is 1. The molecule has 19 heavy (non-hydrogen) atoms. The normalized spacial score (nSPS) is 19.7. The van der Waals surface area contributed by atoms with Crippen LogP contribution in [0.3, 0.4) is 0 Å². The molecule has 5 heteroatoms. The predicted octanol–water partition coefficient (Wildman–Crippen LogP) is 3.05. The van der Waals surface area contributed by atoms with Gasteiger partial charge in [-0.3, -0.25) is 0 Å². The highest BCUT2D eigenvalue weighted by atomic mass is 19.4. The molecule has 106 valence electrons. The monoisotopic (exact) mass is 274 g/mol. The quantitative estimate of drug-likeness (QED) is 0.808. The van der Waals surface area contributed by atoms with Gasteiger partial charge in [0.25, 0.3) is 0 Å². The van der Waals surface area contributed by atoms with Gasteiger partial charge in [0, 0.05) is 6.61 Å². The van der Waals surface area contributed by atoms with Gasteiger partial charge in [-0.05, 0) is 36.3 Å². The molecule has 0 heterocycles. The van der Waals surface area contributed by atoms with Gasteiger partial charge in [-0.25, -0.2) is 0 Å². The van der Waals surface area contributed by atoms with Gasteiger partial charge in [0.2, 0.25) is 0 Å². The van der Waals surface area contributed by atoms with Crippen LogP contribution in [0.15, 0.2) is 24.3 Å². The van der Waals surface area contributed by atoms with Crippen LogP contribution in [0.1, 0.15) is 29.9 Å². The van der Waals surface area contributed by atoms with E-state index in [1.807, 2.05) is 18.2 Å². The van der Waals surface area contributed by atoms with Gasteiger partial charge in [0.1, 0.15) is 6.61 Å². The summed E-state index contributed by atoms with van der Waals surface area (Å²) in [7, 11) is 0. The molecule has 0 saturated heterocycles. The van der Waals surface area contributed by atoms with E-state index < -0.39 is 18.9 Å². The van der Waals surface area contributed by atoms with Gasteiger partial charge < -0.3 is 9.84 Å². The van der Waals surface area contributed by atoms with Crippen molar-refractivity contribution in [1.82, 2.24) is 0 Å². The Hall–Kier alpha value is -1.07. The Morgan fingerprint density at radius 2 is 2.05 bits per heavy atom. The van der Waals surface area contributed by atoms with Crippen LogP contribution in [0.5, 0.6) is 0 Å². The first kappa shape index (κ1) is 14.3. The van der Waals surface area contributed by atoms with E-state index in [2.05, 4.69) is 10.8 Å². The highest BCUT2D eigenvalue weighted by molar-refractivity contribution is 5.39. The first-order chi connectivity index (χ1) is 8.96. The van der Waals surface area contributed by atoms with Crippen LogP contribution in [0.4, 0.5) is 13.2 Å². The molecule has 0 radical (unpaired) electrons. The zero-order valence-corrected chi connectivity index (χ0v) is 10.5. The maximum Gasteiger partial charge on any atom is 0.411 e. The average Bonchev–Trinajstić information content (AvgIpc) is 2.31. The van der Waals surface area contributed by atoms with Crippen molar-refractivity contribution in [3.8, 4) is 0 Å². The fourth-order valence-corrected chi connectivity index (χ4v) is 2.43. The van der Waals surface area contributed by atoms with E-state index in [1.54, 1.807) is 0 Å². The minimum absolute atomic E-state index is 0.0605. The van der Waals surface area contributed by atoms with Crippen molar-refractivity contribution in [3.05, 3.63) is 35.4 Å². The molecular formula is C14H17F3O2. The summed E-state index contributed by atoms with van der Waals surface area (Å²) >= 11 is 0. The van der Waals surface area contributed by atoms with Crippen LogP contribution >= 0.6 is 0 Å². The molecule has 0 aliphatic heterocycles. The number of fused-ring (bicyclic) bond motifs is 1. The summed E-state index contributed by atoms with van der Waals surface area (Å²) < 4.78 is 40.0. The third-order valence-electron chi connectivity index (χ3n) is 3.38. The lowest BCUT2D eigenvalue weighted by molar-refractivity contribution is -0.175. The molecule has 1 aliphatic carbocycles. The van der Waals surface area contributed by atoms with Crippen LogP contribution in [-0.4, -0.2) is 30.6 Å².